The minimum atomic E-state index is 0.247. The van der Waals surface area contributed by atoms with E-state index in [1.165, 1.54) is 31.3 Å². The van der Waals surface area contributed by atoms with Gasteiger partial charge in [0.05, 0.1) is 5.69 Å². The highest BCUT2D eigenvalue weighted by Crippen LogP contribution is 2.68. The van der Waals surface area contributed by atoms with Crippen LogP contribution in [0.4, 0.5) is 0 Å². The first-order valence-electron chi connectivity index (χ1n) is 10.9. The molecule has 0 N–H and O–H groups in total. The summed E-state index contributed by atoms with van der Waals surface area (Å²) < 4.78 is 0. The van der Waals surface area contributed by atoms with Gasteiger partial charge in [0.15, 0.2) is 0 Å². The van der Waals surface area contributed by atoms with Gasteiger partial charge in [-0.1, -0.05) is 26.8 Å². The number of carbonyl (C=O) groups is 1. The van der Waals surface area contributed by atoms with Gasteiger partial charge in [-0.15, -0.1) is 0 Å². The number of carbonyl (C=O) groups excluding carboxylic acids is 1. The Kier molecular flexibility index (Phi) is 3.90. The van der Waals surface area contributed by atoms with Gasteiger partial charge in [0.25, 0.3) is 0 Å². The Morgan fingerprint density at radius 1 is 1.19 bits per heavy atom. The predicted molar refractivity (Wildman–Crippen MR) is 107 cm³/mol. The molecule has 1 heterocycles. The van der Waals surface area contributed by atoms with Crippen LogP contribution < -0.4 is 0 Å². The van der Waals surface area contributed by atoms with Gasteiger partial charge in [0, 0.05) is 19.0 Å². The van der Waals surface area contributed by atoms with Crippen molar-refractivity contribution in [1.82, 2.24) is 9.97 Å². The van der Waals surface area contributed by atoms with Gasteiger partial charge in [-0.05, 0) is 84.2 Å². The van der Waals surface area contributed by atoms with Crippen molar-refractivity contribution in [2.45, 2.75) is 65.7 Å². The van der Waals surface area contributed by atoms with E-state index in [1.54, 1.807) is 6.33 Å². The Labute approximate surface area is 163 Å². The van der Waals surface area contributed by atoms with Crippen molar-refractivity contribution < 1.29 is 4.79 Å². The normalized spacial score (nSPS) is 46.3. The summed E-state index contributed by atoms with van der Waals surface area (Å²) in [6, 6.07) is 2.08. The van der Waals surface area contributed by atoms with E-state index in [4.69, 9.17) is 0 Å². The molecule has 144 valence electrons. The summed E-state index contributed by atoms with van der Waals surface area (Å²) in [5.41, 5.74) is 3.22. The van der Waals surface area contributed by atoms with Gasteiger partial charge in [-0.2, -0.15) is 0 Å². The lowest BCUT2D eigenvalue weighted by Crippen LogP contribution is -2.55. The summed E-state index contributed by atoms with van der Waals surface area (Å²) in [6.45, 7) is 7.51. The fraction of sp³-hybridized carbons (Fsp3) is 0.708. The van der Waals surface area contributed by atoms with Crippen LogP contribution in [0.15, 0.2) is 24.7 Å². The number of aromatic nitrogens is 2. The molecule has 7 atom stereocenters. The Balaban J connectivity index is 1.49. The summed E-state index contributed by atoms with van der Waals surface area (Å²) in [7, 11) is 0. The summed E-state index contributed by atoms with van der Waals surface area (Å²) in [5, 5.41) is 0. The quantitative estimate of drug-likeness (QED) is 0.676. The van der Waals surface area contributed by atoms with E-state index >= 15 is 0 Å². The molecule has 0 saturated heterocycles. The minimum absolute atomic E-state index is 0.247. The molecular formula is C24H32N2O. The molecule has 5 rings (SSSR count). The maximum absolute atomic E-state index is 12.1. The number of nitrogens with zero attached hydrogens (tertiary/aromatic N) is 2. The van der Waals surface area contributed by atoms with Gasteiger partial charge in [0.1, 0.15) is 12.1 Å². The highest BCUT2D eigenvalue weighted by molar-refractivity contribution is 5.79. The monoisotopic (exact) mass is 364 g/mol. The zero-order valence-corrected chi connectivity index (χ0v) is 16.9. The van der Waals surface area contributed by atoms with Crippen LogP contribution in [0, 0.1) is 40.4 Å². The van der Waals surface area contributed by atoms with Crippen molar-refractivity contribution in [3.63, 3.8) is 0 Å². The topological polar surface area (TPSA) is 42.9 Å². The molecule has 0 bridgehead atoms. The molecule has 1 aromatic rings. The molecule has 0 spiro atoms. The molecule has 3 saturated carbocycles. The molecule has 27 heavy (non-hydrogen) atoms. The van der Waals surface area contributed by atoms with Crippen molar-refractivity contribution in [3.8, 4) is 0 Å². The number of rotatable bonds is 1. The summed E-state index contributed by atoms with van der Waals surface area (Å²) in [6.07, 6.45) is 13.9. The number of fused-ring (bicyclic) bond motifs is 5. The molecule has 1 unspecified atom stereocenters. The van der Waals surface area contributed by atoms with E-state index in [1.807, 2.05) is 6.20 Å². The third kappa shape index (κ3) is 2.42. The first kappa shape index (κ1) is 17.6. The number of ketones is 1. The van der Waals surface area contributed by atoms with Gasteiger partial charge in [0.2, 0.25) is 0 Å². The second-order valence-corrected chi connectivity index (χ2v) is 10.4. The van der Waals surface area contributed by atoms with Gasteiger partial charge in [-0.25, -0.2) is 9.97 Å². The number of hydrogen-bond donors (Lipinski definition) is 0. The van der Waals surface area contributed by atoms with Crippen molar-refractivity contribution in [2.75, 3.05) is 0 Å². The Morgan fingerprint density at radius 3 is 2.81 bits per heavy atom. The maximum atomic E-state index is 12.1. The lowest BCUT2D eigenvalue weighted by atomic mass is 9.42. The third-order valence-corrected chi connectivity index (χ3v) is 9.28. The van der Waals surface area contributed by atoms with Gasteiger partial charge in [-0.3, -0.25) is 4.79 Å². The Bertz CT molecular complexity index is 787. The molecule has 3 fully saturated rings. The highest BCUT2D eigenvalue weighted by atomic mass is 16.1. The summed E-state index contributed by atoms with van der Waals surface area (Å²) in [5.74, 6) is 4.16. The predicted octanol–water partition coefficient (Wildman–Crippen LogP) is 5.33. The molecule has 3 nitrogen and oxygen atoms in total. The van der Waals surface area contributed by atoms with Crippen molar-refractivity contribution in [1.29, 1.82) is 0 Å². The Morgan fingerprint density at radius 2 is 2.04 bits per heavy atom. The number of hydrogen-bond acceptors (Lipinski definition) is 3. The van der Waals surface area contributed by atoms with Gasteiger partial charge < -0.3 is 0 Å². The van der Waals surface area contributed by atoms with Crippen LogP contribution in [0.25, 0.3) is 5.57 Å². The first-order valence-corrected chi connectivity index (χ1v) is 10.9. The summed E-state index contributed by atoms with van der Waals surface area (Å²) >= 11 is 0. The SMILES string of the molecule is C[C@@H]1CC2CC(=O)CC[C@]2(C)[C@H]2CC[C@]3(C)C(c4ccncn4)=CC[C@H]3[C@H]12. The van der Waals surface area contributed by atoms with Crippen LogP contribution in [0.1, 0.15) is 71.4 Å². The smallest absolute Gasteiger partial charge is 0.133 e. The third-order valence-electron chi connectivity index (χ3n) is 9.28. The number of allylic oxidation sites excluding steroid dienone is 2. The molecule has 4 aliphatic carbocycles. The van der Waals surface area contributed by atoms with Crippen LogP contribution >= 0.6 is 0 Å². The van der Waals surface area contributed by atoms with Crippen LogP contribution in [0.2, 0.25) is 0 Å². The van der Waals surface area contributed by atoms with Crippen molar-refractivity contribution >= 4 is 11.4 Å². The second kappa shape index (κ2) is 5.99. The lowest BCUT2D eigenvalue weighted by Gasteiger charge is -2.62. The average molecular weight is 365 g/mol. The first-order chi connectivity index (χ1) is 12.9. The molecular weight excluding hydrogens is 332 g/mol. The maximum Gasteiger partial charge on any atom is 0.133 e. The van der Waals surface area contributed by atoms with E-state index in [9.17, 15) is 4.79 Å². The molecule has 4 aliphatic rings. The largest absolute Gasteiger partial charge is 0.300 e. The summed E-state index contributed by atoms with van der Waals surface area (Å²) in [4.78, 5) is 20.8. The highest BCUT2D eigenvalue weighted by Gasteiger charge is 2.60. The lowest BCUT2D eigenvalue weighted by molar-refractivity contribution is -0.144. The molecule has 0 amide bonds. The standard InChI is InChI=1S/C24H32N2O/c1-15-12-16-13-17(27)6-9-23(16,2)20-7-10-24(3)18(4-5-19(24)22(15)20)21-8-11-25-14-26-21/h4,8,11,14-16,19-20,22H,5-7,9-10,12-13H2,1-3H3/t15-,16?,19+,20+,22+,23+,24-/m1/s1. The molecule has 0 aromatic carbocycles. The van der Waals surface area contributed by atoms with Crippen LogP contribution in [-0.4, -0.2) is 15.8 Å². The van der Waals surface area contributed by atoms with E-state index < -0.39 is 0 Å². The van der Waals surface area contributed by atoms with Crippen LogP contribution in [0.3, 0.4) is 0 Å². The molecule has 3 heteroatoms. The molecule has 0 radical (unpaired) electrons. The molecule has 0 aliphatic heterocycles. The van der Waals surface area contributed by atoms with Gasteiger partial charge >= 0.3 is 0 Å². The minimum Gasteiger partial charge on any atom is -0.300 e. The average Bonchev–Trinajstić information content (AvgIpc) is 3.01. The van der Waals surface area contributed by atoms with E-state index in [2.05, 4.69) is 42.9 Å². The fourth-order valence-corrected chi connectivity index (χ4v) is 7.85. The van der Waals surface area contributed by atoms with E-state index in [0.29, 0.717) is 17.1 Å². The van der Waals surface area contributed by atoms with E-state index in [0.717, 1.165) is 48.6 Å². The van der Waals surface area contributed by atoms with Crippen LogP contribution in [0.5, 0.6) is 0 Å². The second-order valence-electron chi connectivity index (χ2n) is 10.4. The molecule has 1 aromatic heterocycles. The Hall–Kier alpha value is -1.51. The van der Waals surface area contributed by atoms with E-state index in [-0.39, 0.29) is 5.41 Å². The fourth-order valence-electron chi connectivity index (χ4n) is 7.85. The van der Waals surface area contributed by atoms with Crippen molar-refractivity contribution in [3.05, 3.63) is 30.4 Å². The number of Topliss-reactive ketones (excluding diaryl/α,β-unsaturated/α-hetero) is 1. The van der Waals surface area contributed by atoms with Crippen molar-refractivity contribution in [2.24, 2.45) is 40.4 Å². The zero-order chi connectivity index (χ0) is 18.8. The van der Waals surface area contributed by atoms with Crippen LogP contribution in [-0.2, 0) is 4.79 Å². The zero-order valence-electron chi connectivity index (χ0n) is 16.9.